The lowest BCUT2D eigenvalue weighted by atomic mass is 10.0. The van der Waals surface area contributed by atoms with Gasteiger partial charge in [-0.05, 0) is 41.7 Å². The molecule has 3 heteroatoms. The van der Waals surface area contributed by atoms with Crippen molar-refractivity contribution in [1.82, 2.24) is 0 Å². The molecule has 0 saturated heterocycles. The van der Waals surface area contributed by atoms with Crippen molar-refractivity contribution in [3.63, 3.8) is 0 Å². The SMILES string of the molecule is CC(C)c1ccc(NC(=O)CCc2ccccc2F)cc1. The molecule has 0 fully saturated rings. The average Bonchev–Trinajstić information content (AvgIpc) is 2.47. The van der Waals surface area contributed by atoms with Crippen LogP contribution in [0.1, 0.15) is 37.3 Å². The summed E-state index contributed by atoms with van der Waals surface area (Å²) < 4.78 is 13.5. The molecule has 0 radical (unpaired) electrons. The minimum atomic E-state index is -0.258. The predicted molar refractivity (Wildman–Crippen MR) is 83.9 cm³/mol. The Labute approximate surface area is 125 Å². The van der Waals surface area contributed by atoms with Gasteiger partial charge in [-0.3, -0.25) is 4.79 Å². The smallest absolute Gasteiger partial charge is 0.224 e. The Bertz CT molecular complexity index is 605. The summed E-state index contributed by atoms with van der Waals surface area (Å²) in [7, 11) is 0. The Kier molecular flexibility index (Phi) is 5.09. The van der Waals surface area contributed by atoms with Gasteiger partial charge in [0, 0.05) is 12.1 Å². The molecule has 0 saturated carbocycles. The van der Waals surface area contributed by atoms with E-state index in [9.17, 15) is 9.18 Å². The molecule has 21 heavy (non-hydrogen) atoms. The van der Waals surface area contributed by atoms with Crippen LogP contribution in [0.3, 0.4) is 0 Å². The highest BCUT2D eigenvalue weighted by atomic mass is 19.1. The Morgan fingerprint density at radius 3 is 2.38 bits per heavy atom. The molecule has 0 bridgehead atoms. The lowest BCUT2D eigenvalue weighted by Crippen LogP contribution is -2.12. The first-order chi connectivity index (χ1) is 10.1. The van der Waals surface area contributed by atoms with Crippen LogP contribution in [0, 0.1) is 5.82 Å². The summed E-state index contributed by atoms with van der Waals surface area (Å²) in [6, 6.07) is 14.4. The third kappa shape index (κ3) is 4.42. The summed E-state index contributed by atoms with van der Waals surface area (Å²) >= 11 is 0. The second-order valence-corrected chi connectivity index (χ2v) is 5.42. The van der Waals surface area contributed by atoms with Gasteiger partial charge >= 0.3 is 0 Å². The zero-order chi connectivity index (χ0) is 15.2. The van der Waals surface area contributed by atoms with Crippen LogP contribution < -0.4 is 5.32 Å². The molecule has 2 aromatic rings. The zero-order valence-corrected chi connectivity index (χ0v) is 12.4. The highest BCUT2D eigenvalue weighted by Crippen LogP contribution is 2.17. The van der Waals surface area contributed by atoms with Crippen molar-refractivity contribution in [2.24, 2.45) is 0 Å². The van der Waals surface area contributed by atoms with E-state index >= 15 is 0 Å². The molecule has 0 unspecified atom stereocenters. The molecule has 0 spiro atoms. The van der Waals surface area contributed by atoms with Crippen LogP contribution in [-0.4, -0.2) is 5.91 Å². The van der Waals surface area contributed by atoms with Crippen molar-refractivity contribution >= 4 is 11.6 Å². The van der Waals surface area contributed by atoms with E-state index in [2.05, 4.69) is 19.2 Å². The zero-order valence-electron chi connectivity index (χ0n) is 12.4. The molecule has 0 aliphatic carbocycles. The molecule has 0 aliphatic rings. The fourth-order valence-corrected chi connectivity index (χ4v) is 2.12. The normalized spacial score (nSPS) is 10.7. The quantitative estimate of drug-likeness (QED) is 0.859. The van der Waals surface area contributed by atoms with Crippen LogP contribution in [-0.2, 0) is 11.2 Å². The first-order valence-electron chi connectivity index (χ1n) is 7.19. The van der Waals surface area contributed by atoms with Gasteiger partial charge in [0.05, 0.1) is 0 Å². The first kappa shape index (κ1) is 15.2. The van der Waals surface area contributed by atoms with Crippen LogP contribution in [0.5, 0.6) is 0 Å². The number of rotatable bonds is 5. The second-order valence-electron chi connectivity index (χ2n) is 5.42. The van der Waals surface area contributed by atoms with E-state index in [-0.39, 0.29) is 18.1 Å². The molecule has 110 valence electrons. The van der Waals surface area contributed by atoms with Crippen LogP contribution in [0.15, 0.2) is 48.5 Å². The number of amides is 1. The van der Waals surface area contributed by atoms with Crippen molar-refractivity contribution in [2.45, 2.75) is 32.6 Å². The van der Waals surface area contributed by atoms with Crippen molar-refractivity contribution in [3.05, 3.63) is 65.5 Å². The minimum Gasteiger partial charge on any atom is -0.326 e. The molecule has 2 aromatic carbocycles. The summed E-state index contributed by atoms with van der Waals surface area (Å²) in [6.45, 7) is 4.25. The molecular weight excluding hydrogens is 265 g/mol. The van der Waals surface area contributed by atoms with Crippen molar-refractivity contribution in [3.8, 4) is 0 Å². The van der Waals surface area contributed by atoms with E-state index in [0.29, 0.717) is 17.9 Å². The number of benzene rings is 2. The Balaban J connectivity index is 1.88. The molecule has 0 heterocycles. The highest BCUT2D eigenvalue weighted by Gasteiger charge is 2.06. The molecule has 0 atom stereocenters. The number of anilines is 1. The minimum absolute atomic E-state index is 0.101. The number of carbonyl (C=O) groups excluding carboxylic acids is 1. The van der Waals surface area contributed by atoms with Gasteiger partial charge in [0.25, 0.3) is 0 Å². The highest BCUT2D eigenvalue weighted by molar-refractivity contribution is 5.90. The van der Waals surface area contributed by atoms with Gasteiger partial charge < -0.3 is 5.32 Å². The summed E-state index contributed by atoms with van der Waals surface area (Å²) in [6.07, 6.45) is 0.676. The van der Waals surface area contributed by atoms with Crippen LogP contribution in [0.4, 0.5) is 10.1 Å². The number of nitrogens with one attached hydrogen (secondary N) is 1. The third-order valence-electron chi connectivity index (χ3n) is 3.44. The molecule has 2 rings (SSSR count). The number of aryl methyl sites for hydroxylation is 1. The number of hydrogen-bond donors (Lipinski definition) is 1. The maximum absolute atomic E-state index is 13.5. The van der Waals surface area contributed by atoms with Gasteiger partial charge in [-0.1, -0.05) is 44.2 Å². The van der Waals surface area contributed by atoms with Crippen molar-refractivity contribution < 1.29 is 9.18 Å². The topological polar surface area (TPSA) is 29.1 Å². The maximum Gasteiger partial charge on any atom is 0.224 e. The van der Waals surface area contributed by atoms with E-state index < -0.39 is 0 Å². The lowest BCUT2D eigenvalue weighted by Gasteiger charge is -2.08. The largest absolute Gasteiger partial charge is 0.326 e. The van der Waals surface area contributed by atoms with Gasteiger partial charge in [-0.25, -0.2) is 4.39 Å². The number of halogens is 1. The lowest BCUT2D eigenvalue weighted by molar-refractivity contribution is -0.116. The average molecular weight is 285 g/mol. The van der Waals surface area contributed by atoms with Crippen LogP contribution in [0.25, 0.3) is 0 Å². The maximum atomic E-state index is 13.5. The Morgan fingerprint density at radius 2 is 1.76 bits per heavy atom. The summed E-state index contributed by atoms with van der Waals surface area (Å²) in [5.74, 6) is 0.109. The molecule has 1 amide bonds. The first-order valence-corrected chi connectivity index (χ1v) is 7.19. The summed E-state index contributed by atoms with van der Waals surface area (Å²) in [5, 5.41) is 2.84. The Hall–Kier alpha value is -2.16. The van der Waals surface area contributed by atoms with E-state index in [4.69, 9.17) is 0 Å². The van der Waals surface area contributed by atoms with Crippen molar-refractivity contribution in [1.29, 1.82) is 0 Å². The monoisotopic (exact) mass is 285 g/mol. The standard InChI is InChI=1S/C18H20FNO/c1-13(2)14-7-10-16(11-8-14)20-18(21)12-9-15-5-3-4-6-17(15)19/h3-8,10-11,13H,9,12H2,1-2H3,(H,20,21). The van der Waals surface area contributed by atoms with Gasteiger partial charge in [-0.2, -0.15) is 0 Å². The van der Waals surface area contributed by atoms with Gasteiger partial charge in [0.2, 0.25) is 5.91 Å². The van der Waals surface area contributed by atoms with E-state index in [1.54, 1.807) is 18.2 Å². The molecule has 0 aliphatic heterocycles. The van der Waals surface area contributed by atoms with E-state index in [1.165, 1.54) is 11.6 Å². The van der Waals surface area contributed by atoms with Gasteiger partial charge in [0.1, 0.15) is 5.82 Å². The van der Waals surface area contributed by atoms with Crippen LogP contribution in [0.2, 0.25) is 0 Å². The van der Waals surface area contributed by atoms with Crippen LogP contribution >= 0.6 is 0 Å². The van der Waals surface area contributed by atoms with Gasteiger partial charge in [-0.15, -0.1) is 0 Å². The number of carbonyl (C=O) groups is 1. The van der Waals surface area contributed by atoms with Gasteiger partial charge in [0.15, 0.2) is 0 Å². The summed E-state index contributed by atoms with van der Waals surface area (Å²) in [4.78, 5) is 11.9. The molecular formula is C18H20FNO. The fraction of sp³-hybridized carbons (Fsp3) is 0.278. The van der Waals surface area contributed by atoms with E-state index in [1.807, 2.05) is 24.3 Å². The molecule has 1 N–H and O–H groups in total. The fourth-order valence-electron chi connectivity index (χ4n) is 2.12. The van der Waals surface area contributed by atoms with E-state index in [0.717, 1.165) is 5.69 Å². The third-order valence-corrected chi connectivity index (χ3v) is 3.44. The van der Waals surface area contributed by atoms with Crippen molar-refractivity contribution in [2.75, 3.05) is 5.32 Å². The summed E-state index contributed by atoms with van der Waals surface area (Å²) in [5.41, 5.74) is 2.58. The molecule has 2 nitrogen and oxygen atoms in total. The molecule has 0 aromatic heterocycles. The number of hydrogen-bond acceptors (Lipinski definition) is 1. The Morgan fingerprint density at radius 1 is 1.10 bits per heavy atom. The predicted octanol–water partition coefficient (Wildman–Crippen LogP) is 4.52. The second kappa shape index (κ2) is 7.02.